The number of nitrogens with zero attached hydrogens (tertiary/aromatic N) is 1. The predicted octanol–water partition coefficient (Wildman–Crippen LogP) is 1.84. The largest absolute Gasteiger partial charge is 0.342 e. The Kier molecular flexibility index (Phi) is 6.94. The zero-order valence-corrected chi connectivity index (χ0v) is 16.2. The fraction of sp³-hybridized carbons (Fsp3) is 0.938. The van der Waals surface area contributed by atoms with E-state index >= 15 is 0 Å². The number of amides is 1. The van der Waals surface area contributed by atoms with Gasteiger partial charge in [0.15, 0.2) is 9.84 Å². The second-order valence-corrected chi connectivity index (χ2v) is 9.82. The van der Waals surface area contributed by atoms with Gasteiger partial charge in [-0.25, -0.2) is 8.42 Å². The molecule has 0 heterocycles. The summed E-state index contributed by atoms with van der Waals surface area (Å²) in [7, 11) is -1.41. The third kappa shape index (κ3) is 4.40. The van der Waals surface area contributed by atoms with E-state index in [0.29, 0.717) is 11.8 Å². The van der Waals surface area contributed by atoms with Crippen LogP contribution in [0.2, 0.25) is 0 Å². The zero-order chi connectivity index (χ0) is 16.7. The highest BCUT2D eigenvalue weighted by molar-refractivity contribution is 7.91. The molecule has 7 heteroatoms. The van der Waals surface area contributed by atoms with Gasteiger partial charge in [-0.1, -0.05) is 6.42 Å². The minimum absolute atomic E-state index is 0. The molecule has 23 heavy (non-hydrogen) atoms. The van der Waals surface area contributed by atoms with Crippen molar-refractivity contribution in [1.29, 1.82) is 0 Å². The third-order valence-corrected chi connectivity index (χ3v) is 7.82. The monoisotopic (exact) mass is 366 g/mol. The summed E-state index contributed by atoms with van der Waals surface area (Å²) >= 11 is 0. The maximum absolute atomic E-state index is 12.8. The number of halogens is 1. The van der Waals surface area contributed by atoms with Gasteiger partial charge >= 0.3 is 0 Å². The first-order valence-electron chi connectivity index (χ1n) is 8.34. The van der Waals surface area contributed by atoms with Crippen LogP contribution in [0.15, 0.2) is 0 Å². The molecule has 2 N–H and O–H groups in total. The molecule has 0 radical (unpaired) electrons. The van der Waals surface area contributed by atoms with E-state index < -0.39 is 15.1 Å². The maximum Gasteiger partial charge on any atom is 0.225 e. The van der Waals surface area contributed by atoms with Crippen molar-refractivity contribution in [3.63, 3.8) is 0 Å². The molecule has 2 rings (SSSR count). The predicted molar refractivity (Wildman–Crippen MR) is 95.3 cm³/mol. The van der Waals surface area contributed by atoms with Gasteiger partial charge in [-0.05, 0) is 51.4 Å². The summed E-state index contributed by atoms with van der Waals surface area (Å²) in [6, 6.07) is -0.0617. The second kappa shape index (κ2) is 7.70. The molecule has 1 amide bonds. The van der Waals surface area contributed by atoms with Gasteiger partial charge in [-0.2, -0.15) is 0 Å². The lowest BCUT2D eigenvalue weighted by Gasteiger charge is -2.45. The van der Waals surface area contributed by atoms with Crippen molar-refractivity contribution in [2.24, 2.45) is 23.5 Å². The molecule has 2 fully saturated rings. The Bertz CT molecular complexity index is 511. The Morgan fingerprint density at radius 2 is 1.65 bits per heavy atom. The molecule has 0 aliphatic heterocycles. The first-order valence-corrected chi connectivity index (χ1v) is 10.3. The Balaban J connectivity index is 0.00000264. The van der Waals surface area contributed by atoms with Crippen LogP contribution in [0.4, 0.5) is 0 Å². The molecular weight excluding hydrogens is 336 g/mol. The minimum Gasteiger partial charge on any atom is -0.342 e. The summed E-state index contributed by atoms with van der Waals surface area (Å²) < 4.78 is 23.4. The van der Waals surface area contributed by atoms with E-state index in [1.165, 1.54) is 12.7 Å². The molecule has 5 nitrogen and oxygen atoms in total. The van der Waals surface area contributed by atoms with Crippen LogP contribution in [0.1, 0.15) is 46.0 Å². The molecule has 0 aromatic rings. The summed E-state index contributed by atoms with van der Waals surface area (Å²) in [5.74, 6) is 1.01. The van der Waals surface area contributed by atoms with Gasteiger partial charge in [-0.15, -0.1) is 12.4 Å². The number of fused-ring (bicyclic) bond motifs is 2. The Morgan fingerprint density at radius 3 is 2.09 bits per heavy atom. The zero-order valence-electron chi connectivity index (χ0n) is 14.6. The molecule has 0 aromatic heterocycles. The van der Waals surface area contributed by atoms with E-state index in [0.717, 1.165) is 25.7 Å². The van der Waals surface area contributed by atoms with Gasteiger partial charge in [0.1, 0.15) is 0 Å². The van der Waals surface area contributed by atoms with E-state index in [4.69, 9.17) is 5.73 Å². The van der Waals surface area contributed by atoms with Crippen LogP contribution >= 0.6 is 12.4 Å². The lowest BCUT2D eigenvalue weighted by molar-refractivity contribution is -0.139. The molecule has 136 valence electrons. The van der Waals surface area contributed by atoms with Gasteiger partial charge < -0.3 is 10.6 Å². The van der Waals surface area contributed by atoms with Crippen molar-refractivity contribution >= 4 is 28.2 Å². The second-order valence-electron chi connectivity index (χ2n) is 7.42. The fourth-order valence-corrected chi connectivity index (χ4v) is 5.05. The number of hydrogen-bond donors (Lipinski definition) is 1. The first kappa shape index (κ1) is 20.7. The number of sulfone groups is 1. The Hall–Kier alpha value is -0.330. The Labute approximate surface area is 146 Å². The number of nitrogens with two attached hydrogens (primary N) is 1. The van der Waals surface area contributed by atoms with Crippen molar-refractivity contribution < 1.29 is 13.2 Å². The van der Waals surface area contributed by atoms with Gasteiger partial charge in [-0.3, -0.25) is 4.79 Å². The van der Waals surface area contributed by atoms with Crippen LogP contribution in [-0.2, 0) is 14.6 Å². The van der Waals surface area contributed by atoms with Gasteiger partial charge in [0.05, 0.1) is 5.25 Å². The molecule has 0 spiro atoms. The normalized spacial score (nSPS) is 33.3. The highest BCUT2D eigenvalue weighted by Gasteiger charge is 2.42. The third-order valence-electron chi connectivity index (χ3n) is 6.08. The highest BCUT2D eigenvalue weighted by Crippen LogP contribution is 2.42. The first-order chi connectivity index (χ1) is 10.1. The summed E-state index contributed by atoms with van der Waals surface area (Å²) in [4.78, 5) is 14.4. The SMILES string of the molecule is CC(C(C)S(C)(=O)=O)N(C)C(=O)C1CC2CCCC(C1)C2N.Cl. The average Bonchev–Trinajstić information content (AvgIpc) is 2.42. The van der Waals surface area contributed by atoms with E-state index in [1.807, 2.05) is 6.92 Å². The van der Waals surface area contributed by atoms with Crippen molar-refractivity contribution in [1.82, 2.24) is 4.90 Å². The standard InChI is InChI=1S/C16H30N2O3S.ClH/c1-10(11(2)22(4,20)21)18(3)16(19)14-8-12-6-5-7-13(9-14)15(12)17;/h10-15H,5-9,17H2,1-4H3;1H. The van der Waals surface area contributed by atoms with Crippen LogP contribution in [-0.4, -0.2) is 49.9 Å². The summed E-state index contributed by atoms with van der Waals surface area (Å²) in [5.41, 5.74) is 6.28. The summed E-state index contributed by atoms with van der Waals surface area (Å²) in [5, 5.41) is -0.549. The molecule has 2 bridgehead atoms. The van der Waals surface area contributed by atoms with E-state index in [1.54, 1.807) is 18.9 Å². The summed E-state index contributed by atoms with van der Waals surface area (Å²) in [6.45, 7) is 3.49. The topological polar surface area (TPSA) is 80.5 Å². The molecule has 2 aliphatic rings. The van der Waals surface area contributed by atoms with Crippen LogP contribution < -0.4 is 5.73 Å². The van der Waals surface area contributed by atoms with Gasteiger partial charge in [0, 0.05) is 31.3 Å². The van der Waals surface area contributed by atoms with E-state index in [-0.39, 0.29) is 36.3 Å². The van der Waals surface area contributed by atoms with Crippen molar-refractivity contribution in [3.05, 3.63) is 0 Å². The number of carbonyl (C=O) groups is 1. The van der Waals surface area contributed by atoms with Crippen molar-refractivity contribution in [2.75, 3.05) is 13.3 Å². The van der Waals surface area contributed by atoms with Crippen molar-refractivity contribution in [3.8, 4) is 0 Å². The molecule has 4 unspecified atom stereocenters. The number of carbonyl (C=O) groups excluding carboxylic acids is 1. The smallest absolute Gasteiger partial charge is 0.225 e. The molecule has 4 atom stereocenters. The number of hydrogen-bond acceptors (Lipinski definition) is 4. The van der Waals surface area contributed by atoms with Crippen LogP contribution in [0.25, 0.3) is 0 Å². The molecule has 0 saturated heterocycles. The molecule has 0 aromatic carbocycles. The van der Waals surface area contributed by atoms with Crippen molar-refractivity contribution in [2.45, 2.75) is 63.3 Å². The lowest BCUT2D eigenvalue weighted by atomic mass is 9.65. The average molecular weight is 367 g/mol. The lowest BCUT2D eigenvalue weighted by Crippen LogP contribution is -2.52. The molecular formula is C16H31ClN2O3S. The Morgan fingerprint density at radius 1 is 1.17 bits per heavy atom. The summed E-state index contributed by atoms with van der Waals surface area (Å²) in [6.07, 6.45) is 6.43. The molecule has 2 saturated carbocycles. The van der Waals surface area contributed by atoms with Crippen LogP contribution in [0.5, 0.6) is 0 Å². The maximum atomic E-state index is 12.8. The minimum atomic E-state index is -3.15. The molecule has 2 aliphatic carbocycles. The quantitative estimate of drug-likeness (QED) is 0.823. The van der Waals surface area contributed by atoms with Crippen LogP contribution in [0.3, 0.4) is 0 Å². The number of rotatable bonds is 4. The van der Waals surface area contributed by atoms with E-state index in [9.17, 15) is 13.2 Å². The van der Waals surface area contributed by atoms with E-state index in [2.05, 4.69) is 0 Å². The van der Waals surface area contributed by atoms with Gasteiger partial charge in [0.25, 0.3) is 0 Å². The van der Waals surface area contributed by atoms with Crippen LogP contribution in [0, 0.1) is 17.8 Å². The van der Waals surface area contributed by atoms with Gasteiger partial charge in [0.2, 0.25) is 5.91 Å². The highest BCUT2D eigenvalue weighted by atomic mass is 35.5. The fourth-order valence-electron chi connectivity index (χ4n) is 4.15.